The third kappa shape index (κ3) is 3.62. The maximum Gasteiger partial charge on any atom is 0.231 e. The van der Waals surface area contributed by atoms with Gasteiger partial charge in [0.25, 0.3) is 0 Å². The van der Waals surface area contributed by atoms with Crippen molar-refractivity contribution in [2.24, 2.45) is 0 Å². The van der Waals surface area contributed by atoms with E-state index in [1.807, 2.05) is 18.2 Å². The maximum absolute atomic E-state index is 12.8. The SMILES string of the molecule is COc1ccc([C@@H](Br)[C@H](Br)C(=O)c2ccc3c(c2)OCO3)cc1OC. The molecule has 0 bridgehead atoms. The van der Waals surface area contributed by atoms with Gasteiger partial charge in [-0.15, -0.1) is 0 Å². The second-order valence-electron chi connectivity index (χ2n) is 5.35. The highest BCUT2D eigenvalue weighted by atomic mass is 79.9. The van der Waals surface area contributed by atoms with Crippen LogP contribution in [0.3, 0.4) is 0 Å². The van der Waals surface area contributed by atoms with E-state index in [0.29, 0.717) is 28.6 Å². The number of carbonyl (C=O) groups excluding carboxylic acids is 1. The second-order valence-corrected chi connectivity index (χ2v) is 7.32. The zero-order valence-corrected chi connectivity index (χ0v) is 16.8. The van der Waals surface area contributed by atoms with E-state index < -0.39 is 4.83 Å². The Morgan fingerprint density at radius 2 is 1.72 bits per heavy atom. The van der Waals surface area contributed by atoms with Crippen molar-refractivity contribution < 1.29 is 23.7 Å². The molecule has 25 heavy (non-hydrogen) atoms. The first-order valence-electron chi connectivity index (χ1n) is 7.49. The van der Waals surface area contributed by atoms with Crippen molar-refractivity contribution in [2.45, 2.75) is 9.65 Å². The number of rotatable bonds is 6. The fourth-order valence-electron chi connectivity index (χ4n) is 2.54. The summed E-state index contributed by atoms with van der Waals surface area (Å²) in [6.07, 6.45) is 0. The summed E-state index contributed by atoms with van der Waals surface area (Å²) < 4.78 is 21.2. The van der Waals surface area contributed by atoms with Crippen LogP contribution in [0.2, 0.25) is 0 Å². The molecule has 2 aromatic rings. The predicted octanol–water partition coefficient (Wildman–Crippen LogP) is 4.51. The van der Waals surface area contributed by atoms with Gasteiger partial charge in [0.1, 0.15) is 0 Å². The van der Waals surface area contributed by atoms with Crippen LogP contribution in [0.4, 0.5) is 0 Å². The molecule has 1 aliphatic rings. The molecule has 0 fully saturated rings. The topological polar surface area (TPSA) is 54.0 Å². The molecule has 2 aromatic carbocycles. The van der Waals surface area contributed by atoms with Gasteiger partial charge in [-0.2, -0.15) is 0 Å². The molecule has 7 heteroatoms. The van der Waals surface area contributed by atoms with Crippen LogP contribution in [0.1, 0.15) is 20.7 Å². The number of benzene rings is 2. The number of fused-ring (bicyclic) bond motifs is 1. The Morgan fingerprint density at radius 3 is 2.44 bits per heavy atom. The monoisotopic (exact) mass is 470 g/mol. The Morgan fingerprint density at radius 1 is 1.00 bits per heavy atom. The molecule has 1 heterocycles. The van der Waals surface area contributed by atoms with E-state index in [2.05, 4.69) is 31.9 Å². The number of Topliss-reactive ketones (excluding diaryl/α,β-unsaturated/α-hetero) is 1. The van der Waals surface area contributed by atoms with Crippen LogP contribution in [-0.2, 0) is 0 Å². The van der Waals surface area contributed by atoms with Crippen LogP contribution in [0.15, 0.2) is 36.4 Å². The van der Waals surface area contributed by atoms with Gasteiger partial charge in [0.05, 0.1) is 23.9 Å². The summed E-state index contributed by atoms with van der Waals surface area (Å²) in [5, 5.41) is 0. The number of carbonyl (C=O) groups is 1. The van der Waals surface area contributed by atoms with Crippen LogP contribution >= 0.6 is 31.9 Å². The minimum Gasteiger partial charge on any atom is -0.493 e. The minimum absolute atomic E-state index is 0.0602. The molecule has 132 valence electrons. The van der Waals surface area contributed by atoms with Crippen LogP contribution in [-0.4, -0.2) is 31.6 Å². The van der Waals surface area contributed by atoms with Crippen molar-refractivity contribution >= 4 is 37.6 Å². The number of methoxy groups -OCH3 is 2. The van der Waals surface area contributed by atoms with Crippen molar-refractivity contribution in [3.8, 4) is 23.0 Å². The van der Waals surface area contributed by atoms with Crippen LogP contribution in [0.25, 0.3) is 0 Å². The largest absolute Gasteiger partial charge is 0.493 e. The summed E-state index contributed by atoms with van der Waals surface area (Å²) in [5.41, 5.74) is 1.45. The van der Waals surface area contributed by atoms with Crippen molar-refractivity contribution in [1.29, 1.82) is 0 Å². The predicted molar refractivity (Wildman–Crippen MR) is 101 cm³/mol. The lowest BCUT2D eigenvalue weighted by Gasteiger charge is -2.18. The van der Waals surface area contributed by atoms with Crippen molar-refractivity contribution in [3.63, 3.8) is 0 Å². The van der Waals surface area contributed by atoms with Gasteiger partial charge >= 0.3 is 0 Å². The normalized spacial score (nSPS) is 14.7. The summed E-state index contributed by atoms with van der Waals surface area (Å²) >= 11 is 7.11. The molecule has 1 aliphatic heterocycles. The van der Waals surface area contributed by atoms with Gasteiger partial charge in [-0.3, -0.25) is 4.79 Å². The van der Waals surface area contributed by atoms with Gasteiger partial charge in [-0.25, -0.2) is 0 Å². The van der Waals surface area contributed by atoms with Crippen LogP contribution in [0, 0.1) is 0 Å². The van der Waals surface area contributed by atoms with Crippen molar-refractivity contribution in [1.82, 2.24) is 0 Å². The van der Waals surface area contributed by atoms with Crippen molar-refractivity contribution in [2.75, 3.05) is 21.0 Å². The van der Waals surface area contributed by atoms with Gasteiger partial charge in [-0.05, 0) is 35.9 Å². The number of ether oxygens (including phenoxy) is 4. The Bertz CT molecular complexity index is 793. The lowest BCUT2D eigenvalue weighted by Crippen LogP contribution is -2.19. The fraction of sp³-hybridized carbons (Fsp3) is 0.278. The molecule has 0 amide bonds. The molecule has 0 radical (unpaired) electrons. The van der Waals surface area contributed by atoms with Crippen LogP contribution < -0.4 is 18.9 Å². The summed E-state index contributed by atoms with van der Waals surface area (Å²) in [5.74, 6) is 2.43. The molecule has 0 aromatic heterocycles. The smallest absolute Gasteiger partial charge is 0.231 e. The lowest BCUT2D eigenvalue weighted by atomic mass is 10.0. The standard InChI is InChI=1S/C18H16Br2O5/c1-22-12-5-3-10(7-14(12)23-2)16(19)17(20)18(21)11-4-6-13-15(8-11)25-9-24-13/h3-8,16-17H,9H2,1-2H3/t16-,17+/m1/s1. The molecule has 2 atom stereocenters. The Labute approximate surface area is 162 Å². The fourth-order valence-corrected chi connectivity index (χ4v) is 3.63. The average molecular weight is 472 g/mol. The Balaban J connectivity index is 1.82. The first-order valence-corrected chi connectivity index (χ1v) is 9.32. The van der Waals surface area contributed by atoms with Crippen LogP contribution in [0.5, 0.6) is 23.0 Å². The first-order chi connectivity index (χ1) is 12.0. The molecule has 5 nitrogen and oxygen atoms in total. The molecule has 0 saturated carbocycles. The van der Waals surface area contributed by atoms with E-state index in [1.165, 1.54) is 0 Å². The second kappa shape index (κ2) is 7.66. The molecule has 0 N–H and O–H groups in total. The zero-order valence-electron chi connectivity index (χ0n) is 13.6. The highest BCUT2D eigenvalue weighted by Gasteiger charge is 2.28. The molecular weight excluding hydrogens is 456 g/mol. The summed E-state index contributed by atoms with van der Waals surface area (Å²) in [6, 6.07) is 10.7. The quantitative estimate of drug-likeness (QED) is 0.458. The average Bonchev–Trinajstić information content (AvgIpc) is 3.13. The number of hydrogen-bond donors (Lipinski definition) is 0. The van der Waals surface area contributed by atoms with Gasteiger partial charge in [0.15, 0.2) is 28.8 Å². The van der Waals surface area contributed by atoms with E-state index in [0.717, 1.165) is 5.56 Å². The van der Waals surface area contributed by atoms with E-state index in [1.54, 1.807) is 32.4 Å². The van der Waals surface area contributed by atoms with Gasteiger partial charge in [0, 0.05) is 5.56 Å². The molecule has 0 unspecified atom stereocenters. The molecule has 3 rings (SSSR count). The van der Waals surface area contributed by atoms with E-state index in [4.69, 9.17) is 18.9 Å². The third-order valence-corrected chi connectivity index (χ3v) is 6.60. The molecule has 0 aliphatic carbocycles. The highest BCUT2D eigenvalue weighted by Crippen LogP contribution is 2.39. The van der Waals surface area contributed by atoms with Crippen molar-refractivity contribution in [3.05, 3.63) is 47.5 Å². The van der Waals surface area contributed by atoms with Gasteiger partial charge in [0.2, 0.25) is 6.79 Å². The number of ketones is 1. The number of alkyl halides is 2. The molecular formula is C18H16Br2O5. The highest BCUT2D eigenvalue weighted by molar-refractivity contribution is 9.12. The van der Waals surface area contributed by atoms with E-state index in [-0.39, 0.29) is 17.4 Å². The van der Waals surface area contributed by atoms with E-state index >= 15 is 0 Å². The third-order valence-electron chi connectivity index (χ3n) is 3.89. The summed E-state index contributed by atoms with van der Waals surface area (Å²) in [6.45, 7) is 0.178. The van der Waals surface area contributed by atoms with E-state index in [9.17, 15) is 4.79 Å². The zero-order chi connectivity index (χ0) is 18.0. The summed E-state index contributed by atoms with van der Waals surface area (Å²) in [7, 11) is 3.16. The Hall–Kier alpha value is -1.73. The lowest BCUT2D eigenvalue weighted by molar-refractivity contribution is 0.0990. The first kappa shape index (κ1) is 18.1. The van der Waals surface area contributed by atoms with Gasteiger partial charge < -0.3 is 18.9 Å². The molecule has 0 spiro atoms. The van der Waals surface area contributed by atoms with Gasteiger partial charge in [-0.1, -0.05) is 37.9 Å². The number of halogens is 2. The molecule has 0 saturated heterocycles. The Kier molecular flexibility index (Phi) is 5.54. The maximum atomic E-state index is 12.8. The minimum atomic E-state index is -0.467. The summed E-state index contributed by atoms with van der Waals surface area (Å²) in [4.78, 5) is 12.1. The number of hydrogen-bond acceptors (Lipinski definition) is 5.